The largest absolute Gasteiger partial charge is 0.865 e. The van der Waals surface area contributed by atoms with Gasteiger partial charge in [0.05, 0.1) is 28.3 Å². The molecule has 0 radical (unpaired) electrons. The zero-order valence-electron chi connectivity index (χ0n) is 13.8. The van der Waals surface area contributed by atoms with E-state index in [0.717, 1.165) is 6.07 Å². The highest BCUT2D eigenvalue weighted by molar-refractivity contribution is 5.63. The summed E-state index contributed by atoms with van der Waals surface area (Å²) in [6, 6.07) is 11.3. The van der Waals surface area contributed by atoms with Crippen LogP contribution in [-0.2, 0) is 0 Å². The molecule has 0 fully saturated rings. The first kappa shape index (κ1) is 17.0. The number of para-hydroxylation sites is 1. The molecule has 0 aliphatic carbocycles. The number of benzene rings is 2. The van der Waals surface area contributed by atoms with Crippen molar-refractivity contribution in [2.45, 2.75) is 0 Å². The number of rotatable bonds is 4. The lowest BCUT2D eigenvalue weighted by Gasteiger charge is -2.13. The van der Waals surface area contributed by atoms with E-state index in [0.29, 0.717) is 11.0 Å². The van der Waals surface area contributed by atoms with Gasteiger partial charge in [-0.25, -0.2) is 4.68 Å². The first-order chi connectivity index (χ1) is 12.4. The number of H-pyrrole nitrogens is 1. The Morgan fingerprint density at radius 1 is 1.27 bits per heavy atom. The number of nitro groups is 1. The third-order valence-corrected chi connectivity index (χ3v) is 3.80. The summed E-state index contributed by atoms with van der Waals surface area (Å²) in [6.07, 6.45) is 1.43. The van der Waals surface area contributed by atoms with Gasteiger partial charge in [-0.3, -0.25) is 20.0 Å². The average molecular weight is 352 g/mol. The summed E-state index contributed by atoms with van der Waals surface area (Å²) in [4.78, 5) is 23.0. The highest BCUT2D eigenvalue weighted by atomic mass is 16.6. The van der Waals surface area contributed by atoms with E-state index in [9.17, 15) is 20.0 Å². The minimum atomic E-state index is -0.819. The van der Waals surface area contributed by atoms with Gasteiger partial charge in [0.25, 0.3) is 11.2 Å². The highest BCUT2D eigenvalue weighted by Gasteiger charge is 2.13. The number of hydrogen-bond donors (Lipinski definition) is 1. The Hall–Kier alpha value is -3.81. The lowest BCUT2D eigenvalue weighted by atomic mass is 10.1. The summed E-state index contributed by atoms with van der Waals surface area (Å²) >= 11 is 0. The highest BCUT2D eigenvalue weighted by Crippen LogP contribution is 2.34. The molecule has 0 bridgehead atoms. The number of nitro benzene ring substituents is 1. The molecule has 132 valence electrons. The second-order valence-corrected chi connectivity index (χ2v) is 5.45. The predicted octanol–water partition coefficient (Wildman–Crippen LogP) is 0.395. The van der Waals surface area contributed by atoms with Crippen LogP contribution >= 0.6 is 0 Å². The van der Waals surface area contributed by atoms with Crippen LogP contribution in [0.2, 0.25) is 0 Å². The molecule has 0 amide bonds. The topological polar surface area (TPSA) is 113 Å². The van der Waals surface area contributed by atoms with Crippen molar-refractivity contribution in [2.75, 3.05) is 7.11 Å². The van der Waals surface area contributed by atoms with Crippen molar-refractivity contribution in [2.24, 2.45) is 0 Å². The van der Waals surface area contributed by atoms with E-state index in [1.165, 1.54) is 23.9 Å². The fraction of sp³-hybridized carbons (Fsp3) is 0.0556. The van der Waals surface area contributed by atoms with Gasteiger partial charge in [-0.2, -0.15) is 0 Å². The quantitative estimate of drug-likeness (QED) is 0.539. The monoisotopic (exact) mass is 352 g/mol. The molecule has 0 spiro atoms. The number of methoxy groups -OCH3 is 1. The lowest BCUT2D eigenvalue weighted by Crippen LogP contribution is -2.33. The van der Waals surface area contributed by atoms with Gasteiger partial charge in [-0.05, 0) is 29.8 Å². The van der Waals surface area contributed by atoms with Crippen molar-refractivity contribution in [3.05, 3.63) is 79.1 Å². The molecule has 1 heterocycles. The molecule has 1 aromatic heterocycles. The summed E-state index contributed by atoms with van der Waals surface area (Å²) in [5.41, 5.74) is -0.0796. The van der Waals surface area contributed by atoms with Crippen LogP contribution in [0.4, 0.5) is 5.69 Å². The molecule has 0 aliphatic heterocycles. The Morgan fingerprint density at radius 3 is 2.58 bits per heavy atom. The van der Waals surface area contributed by atoms with Crippen molar-refractivity contribution in [3.63, 3.8) is 0 Å². The van der Waals surface area contributed by atoms with Crippen LogP contribution in [-0.4, -0.2) is 21.8 Å². The van der Waals surface area contributed by atoms with E-state index < -0.39 is 16.4 Å². The van der Waals surface area contributed by atoms with Crippen molar-refractivity contribution < 1.29 is 14.8 Å². The normalized spacial score (nSPS) is 11.5. The molecule has 0 aliphatic rings. The van der Waals surface area contributed by atoms with Gasteiger partial charge in [0.1, 0.15) is 5.75 Å². The fourth-order valence-electron chi connectivity index (χ4n) is 2.55. The van der Waals surface area contributed by atoms with E-state index >= 15 is 0 Å². The molecular weight excluding hydrogens is 338 g/mol. The van der Waals surface area contributed by atoms with Crippen molar-refractivity contribution in [1.29, 1.82) is 0 Å². The summed E-state index contributed by atoms with van der Waals surface area (Å²) in [6.45, 7) is 3.81. The molecule has 8 heteroatoms. The van der Waals surface area contributed by atoms with Crippen molar-refractivity contribution >= 4 is 18.3 Å². The molecule has 3 aromatic rings. The molecule has 1 N–H and O–H groups in total. The van der Waals surface area contributed by atoms with E-state index in [2.05, 4.69) is 11.7 Å². The van der Waals surface area contributed by atoms with Gasteiger partial charge in [0.15, 0.2) is 0 Å². The van der Waals surface area contributed by atoms with Crippen molar-refractivity contribution in [1.82, 2.24) is 9.78 Å². The molecule has 3 rings (SSSR count). The molecule has 0 saturated heterocycles. The van der Waals surface area contributed by atoms with Gasteiger partial charge in [-0.1, -0.05) is 24.8 Å². The third-order valence-electron chi connectivity index (χ3n) is 3.80. The average Bonchev–Trinajstić information content (AvgIpc) is 2.91. The predicted molar refractivity (Wildman–Crippen MR) is 93.8 cm³/mol. The van der Waals surface area contributed by atoms with Gasteiger partial charge in [-0.15, -0.1) is 0 Å². The molecule has 26 heavy (non-hydrogen) atoms. The van der Waals surface area contributed by atoms with Gasteiger partial charge in [0, 0.05) is 11.8 Å². The van der Waals surface area contributed by atoms with Crippen LogP contribution in [0.25, 0.3) is 18.3 Å². The maximum atomic E-state index is 12.7. The van der Waals surface area contributed by atoms with Gasteiger partial charge < -0.3 is 9.84 Å². The summed E-state index contributed by atoms with van der Waals surface area (Å²) in [7, 11) is 1.25. The standard InChI is InChI=1S/C18H15N3O5/c1-11-14(18(23)20(19-11)13-6-4-3-5-7-13)8-12-9-15(21(24)25)17(22)16(10-12)26-2/h3-10,19,22H,1H2,2H3/p-1/b14-8+. The van der Waals surface area contributed by atoms with Crippen LogP contribution in [0, 0.1) is 10.1 Å². The van der Waals surface area contributed by atoms with Gasteiger partial charge in [0.2, 0.25) is 0 Å². The van der Waals surface area contributed by atoms with E-state index in [4.69, 9.17) is 4.74 Å². The van der Waals surface area contributed by atoms with Crippen molar-refractivity contribution in [3.8, 4) is 17.2 Å². The Labute approximate surface area is 147 Å². The Bertz CT molecular complexity index is 1150. The van der Waals surface area contributed by atoms with E-state index in [1.807, 2.05) is 6.07 Å². The fourth-order valence-corrected chi connectivity index (χ4v) is 2.55. The molecule has 8 nitrogen and oxygen atoms in total. The Kier molecular flexibility index (Phi) is 4.32. The SMILES string of the molecule is C=c1[nH]n(-c2ccccc2)c(=O)/c1=C/c1cc(OC)c([O-])c([N+](=O)[O-])c1. The van der Waals surface area contributed by atoms with Crippen LogP contribution in [0.3, 0.4) is 0 Å². The molecular formula is C18H14N3O5-. The zero-order chi connectivity index (χ0) is 18.8. The van der Waals surface area contributed by atoms with Crippen LogP contribution in [0.1, 0.15) is 5.56 Å². The minimum absolute atomic E-state index is 0.171. The smallest absolute Gasteiger partial charge is 0.279 e. The van der Waals surface area contributed by atoms with Gasteiger partial charge >= 0.3 is 0 Å². The summed E-state index contributed by atoms with van der Waals surface area (Å²) in [5, 5.41) is 26.4. The van der Waals surface area contributed by atoms with E-state index in [-0.39, 0.29) is 22.1 Å². The van der Waals surface area contributed by atoms with Crippen LogP contribution < -0.4 is 26.0 Å². The van der Waals surface area contributed by atoms with E-state index in [1.54, 1.807) is 24.3 Å². The number of aromatic nitrogens is 2. The first-order valence-corrected chi connectivity index (χ1v) is 7.53. The number of hydrogen-bond acceptors (Lipinski definition) is 5. The number of nitrogens with zero attached hydrogens (tertiary/aromatic N) is 2. The second kappa shape index (κ2) is 6.60. The number of aromatic amines is 1. The summed E-state index contributed by atoms with van der Waals surface area (Å²) in [5.74, 6) is -0.991. The molecule has 0 atom stereocenters. The molecule has 0 unspecified atom stereocenters. The third kappa shape index (κ3) is 2.95. The second-order valence-electron chi connectivity index (χ2n) is 5.45. The Balaban J connectivity index is 2.23. The zero-order valence-corrected chi connectivity index (χ0v) is 13.8. The molecule has 2 aromatic carbocycles. The van der Waals surface area contributed by atoms with Crippen LogP contribution in [0.15, 0.2) is 47.3 Å². The lowest BCUT2D eigenvalue weighted by molar-refractivity contribution is -0.398. The summed E-state index contributed by atoms with van der Waals surface area (Å²) < 4.78 is 6.23. The maximum Gasteiger partial charge on any atom is 0.279 e. The number of nitrogens with one attached hydrogen (secondary N) is 1. The first-order valence-electron chi connectivity index (χ1n) is 7.53. The molecule has 0 saturated carbocycles. The minimum Gasteiger partial charge on any atom is -0.865 e. The Morgan fingerprint density at radius 2 is 1.96 bits per heavy atom. The number of ether oxygens (including phenoxy) is 1. The van der Waals surface area contributed by atoms with Crippen LogP contribution in [0.5, 0.6) is 11.5 Å². The maximum absolute atomic E-state index is 12.7.